The van der Waals surface area contributed by atoms with Crippen LogP contribution in [-0.2, 0) is 4.79 Å². The van der Waals surface area contributed by atoms with Crippen LogP contribution < -0.4 is 10.6 Å². The summed E-state index contributed by atoms with van der Waals surface area (Å²) >= 11 is 0. The number of likely N-dealkylation sites (tertiary alicyclic amines) is 1. The lowest BCUT2D eigenvalue weighted by Gasteiger charge is -2.20. The summed E-state index contributed by atoms with van der Waals surface area (Å²) < 4.78 is 0. The van der Waals surface area contributed by atoms with E-state index < -0.39 is 0 Å². The van der Waals surface area contributed by atoms with Crippen LogP contribution >= 0.6 is 0 Å². The van der Waals surface area contributed by atoms with Crippen LogP contribution in [0.3, 0.4) is 0 Å². The second-order valence-electron chi connectivity index (χ2n) is 6.21. The zero-order chi connectivity index (χ0) is 16.2. The molecule has 0 unspecified atom stereocenters. The molecule has 2 atom stereocenters. The monoisotopic (exact) mass is 318 g/mol. The van der Waals surface area contributed by atoms with Gasteiger partial charge in [-0.15, -0.1) is 0 Å². The van der Waals surface area contributed by atoms with Gasteiger partial charge in [-0.2, -0.15) is 0 Å². The van der Waals surface area contributed by atoms with Crippen molar-refractivity contribution < 1.29 is 14.7 Å². The highest BCUT2D eigenvalue weighted by atomic mass is 16.3. The van der Waals surface area contributed by atoms with Crippen LogP contribution in [0.15, 0.2) is 18.3 Å². The first-order valence-corrected chi connectivity index (χ1v) is 8.09. The van der Waals surface area contributed by atoms with Gasteiger partial charge in [-0.25, -0.2) is 4.98 Å². The fraction of sp³-hybridized carbons (Fsp3) is 0.562. The number of nitrogens with zero attached hydrogens (tertiary/aromatic N) is 2. The molecular weight excluding hydrogens is 296 g/mol. The standard InChI is InChI=1S/C16H22N4O3/c21-14-4-3-12(10-18-14)15(22)19-9-11-7-13(17-8-11)16(23)20-5-1-2-6-20/h3-4,10-11,13,17H,1-2,5-9H2,(H,18,21)(H,19,22)/t11-,13-/m0/s1. The van der Waals surface area contributed by atoms with Crippen molar-refractivity contribution in [2.45, 2.75) is 25.3 Å². The first-order chi connectivity index (χ1) is 11.1. The number of aromatic nitrogens is 1. The van der Waals surface area contributed by atoms with Gasteiger partial charge in [0.1, 0.15) is 0 Å². The SMILES string of the molecule is O=C(NC[C@@H]1CN[C@H](C(=O)N2CCCC2)C1)c1ccc(O)nc1. The second kappa shape index (κ2) is 6.95. The van der Waals surface area contributed by atoms with E-state index in [1.165, 1.54) is 18.3 Å². The maximum Gasteiger partial charge on any atom is 0.252 e. The summed E-state index contributed by atoms with van der Waals surface area (Å²) in [5.41, 5.74) is 0.415. The third-order valence-corrected chi connectivity index (χ3v) is 4.50. The van der Waals surface area contributed by atoms with Crippen molar-refractivity contribution in [1.29, 1.82) is 0 Å². The largest absolute Gasteiger partial charge is 0.493 e. The van der Waals surface area contributed by atoms with Crippen molar-refractivity contribution in [2.75, 3.05) is 26.2 Å². The van der Waals surface area contributed by atoms with Crippen LogP contribution in [-0.4, -0.2) is 59.0 Å². The van der Waals surface area contributed by atoms with E-state index >= 15 is 0 Å². The van der Waals surface area contributed by atoms with E-state index in [4.69, 9.17) is 5.11 Å². The Morgan fingerprint density at radius 1 is 1.35 bits per heavy atom. The quantitative estimate of drug-likeness (QED) is 0.733. The van der Waals surface area contributed by atoms with Crippen LogP contribution in [0, 0.1) is 5.92 Å². The molecule has 2 aliphatic rings. The van der Waals surface area contributed by atoms with Gasteiger partial charge in [0.15, 0.2) is 0 Å². The molecule has 3 N–H and O–H groups in total. The maximum absolute atomic E-state index is 12.3. The molecule has 7 nitrogen and oxygen atoms in total. The Bertz CT molecular complexity index is 569. The Kier molecular flexibility index (Phi) is 4.76. The molecule has 0 bridgehead atoms. The molecule has 7 heteroatoms. The number of nitrogens with one attached hydrogen (secondary N) is 2. The minimum Gasteiger partial charge on any atom is -0.493 e. The van der Waals surface area contributed by atoms with Gasteiger partial charge in [0.25, 0.3) is 5.91 Å². The van der Waals surface area contributed by atoms with Gasteiger partial charge in [0.2, 0.25) is 11.8 Å². The van der Waals surface area contributed by atoms with Gasteiger partial charge in [-0.3, -0.25) is 9.59 Å². The van der Waals surface area contributed by atoms with E-state index in [1.54, 1.807) is 0 Å². The lowest BCUT2D eigenvalue weighted by Crippen LogP contribution is -2.42. The summed E-state index contributed by atoms with van der Waals surface area (Å²) in [5.74, 6) is 0.122. The molecule has 0 spiro atoms. The zero-order valence-electron chi connectivity index (χ0n) is 13.0. The molecule has 1 aromatic heterocycles. The molecular formula is C16H22N4O3. The van der Waals surface area contributed by atoms with Gasteiger partial charge in [-0.1, -0.05) is 0 Å². The molecule has 1 aromatic rings. The van der Waals surface area contributed by atoms with Gasteiger partial charge >= 0.3 is 0 Å². The summed E-state index contributed by atoms with van der Waals surface area (Å²) in [6.07, 6.45) is 4.29. The Labute approximate surface area is 135 Å². The second-order valence-corrected chi connectivity index (χ2v) is 6.21. The Morgan fingerprint density at radius 3 is 2.83 bits per heavy atom. The maximum atomic E-state index is 12.3. The van der Waals surface area contributed by atoms with E-state index in [-0.39, 0.29) is 29.7 Å². The van der Waals surface area contributed by atoms with Crippen molar-refractivity contribution >= 4 is 11.8 Å². The summed E-state index contributed by atoms with van der Waals surface area (Å²) in [5, 5.41) is 15.3. The Balaban J connectivity index is 1.45. The number of amides is 2. The topological polar surface area (TPSA) is 94.6 Å². The highest BCUT2D eigenvalue weighted by molar-refractivity contribution is 5.93. The van der Waals surface area contributed by atoms with Crippen molar-refractivity contribution in [3.05, 3.63) is 23.9 Å². The third-order valence-electron chi connectivity index (χ3n) is 4.50. The van der Waals surface area contributed by atoms with Crippen LogP contribution in [0.5, 0.6) is 5.88 Å². The van der Waals surface area contributed by atoms with E-state index in [0.717, 1.165) is 38.9 Å². The van der Waals surface area contributed by atoms with Gasteiger partial charge in [-0.05, 0) is 31.2 Å². The molecule has 124 valence electrons. The highest BCUT2D eigenvalue weighted by Gasteiger charge is 2.33. The van der Waals surface area contributed by atoms with E-state index in [1.807, 2.05) is 4.90 Å². The molecule has 3 heterocycles. The average molecular weight is 318 g/mol. The average Bonchev–Trinajstić information content (AvgIpc) is 3.24. The molecule has 0 radical (unpaired) electrons. The first-order valence-electron chi connectivity index (χ1n) is 8.09. The minimum absolute atomic E-state index is 0.107. The van der Waals surface area contributed by atoms with Crippen molar-refractivity contribution in [2.24, 2.45) is 5.92 Å². The van der Waals surface area contributed by atoms with Crippen LogP contribution in [0.4, 0.5) is 0 Å². The van der Waals surface area contributed by atoms with Crippen LogP contribution in [0.25, 0.3) is 0 Å². The summed E-state index contributed by atoms with van der Waals surface area (Å²) in [6.45, 7) is 2.99. The van der Waals surface area contributed by atoms with Gasteiger partial charge < -0.3 is 20.6 Å². The lowest BCUT2D eigenvalue weighted by molar-refractivity contribution is -0.132. The van der Waals surface area contributed by atoms with Crippen molar-refractivity contribution in [1.82, 2.24) is 20.5 Å². The summed E-state index contributed by atoms with van der Waals surface area (Å²) in [4.78, 5) is 30.0. The fourth-order valence-electron chi connectivity index (χ4n) is 3.17. The third kappa shape index (κ3) is 3.79. The zero-order valence-corrected chi connectivity index (χ0v) is 13.0. The van der Waals surface area contributed by atoms with E-state index in [0.29, 0.717) is 12.1 Å². The number of hydrogen-bond donors (Lipinski definition) is 3. The smallest absolute Gasteiger partial charge is 0.252 e. The molecule has 2 fully saturated rings. The fourth-order valence-corrected chi connectivity index (χ4v) is 3.17. The van der Waals surface area contributed by atoms with Gasteiger partial charge in [0, 0.05) is 38.4 Å². The van der Waals surface area contributed by atoms with E-state index in [2.05, 4.69) is 15.6 Å². The normalized spacial score (nSPS) is 23.9. The molecule has 2 aliphatic heterocycles. The van der Waals surface area contributed by atoms with Crippen molar-refractivity contribution in [3.63, 3.8) is 0 Å². The first kappa shape index (κ1) is 15.7. The number of hydrogen-bond acceptors (Lipinski definition) is 5. The highest BCUT2D eigenvalue weighted by Crippen LogP contribution is 2.18. The Hall–Kier alpha value is -2.15. The van der Waals surface area contributed by atoms with Crippen LogP contribution in [0.1, 0.15) is 29.6 Å². The molecule has 2 amide bonds. The number of carbonyl (C=O) groups is 2. The number of carbonyl (C=O) groups excluding carboxylic acids is 2. The summed E-state index contributed by atoms with van der Waals surface area (Å²) in [6, 6.07) is 2.80. The molecule has 0 aromatic carbocycles. The molecule has 23 heavy (non-hydrogen) atoms. The van der Waals surface area contributed by atoms with Crippen molar-refractivity contribution in [3.8, 4) is 5.88 Å². The number of rotatable bonds is 4. The number of pyridine rings is 1. The van der Waals surface area contributed by atoms with E-state index in [9.17, 15) is 9.59 Å². The minimum atomic E-state index is -0.216. The molecule has 0 aliphatic carbocycles. The van der Waals surface area contributed by atoms with Gasteiger partial charge in [0.05, 0.1) is 11.6 Å². The van der Waals surface area contributed by atoms with Crippen LogP contribution in [0.2, 0.25) is 0 Å². The predicted molar refractivity (Wildman–Crippen MR) is 83.9 cm³/mol. The predicted octanol–water partition coefficient (Wildman–Crippen LogP) is 0.117. The number of aromatic hydroxyl groups is 1. The lowest BCUT2D eigenvalue weighted by atomic mass is 10.0. The summed E-state index contributed by atoms with van der Waals surface area (Å²) in [7, 11) is 0. The molecule has 0 saturated carbocycles. The molecule has 2 saturated heterocycles. The molecule has 3 rings (SSSR count). The Morgan fingerprint density at radius 2 is 2.13 bits per heavy atom.